The minimum atomic E-state index is -0.561. The van der Waals surface area contributed by atoms with Crippen LogP contribution < -0.4 is 14.8 Å². The number of para-hydroxylation sites is 2. The lowest BCUT2D eigenvalue weighted by molar-refractivity contribution is -0.128. The molecule has 0 saturated heterocycles. The molecule has 0 unspecified atom stereocenters. The van der Waals surface area contributed by atoms with Crippen LogP contribution in [-0.4, -0.2) is 19.1 Å². The molecule has 4 heteroatoms. The fourth-order valence-electron chi connectivity index (χ4n) is 2.44. The SMILES string of the molecule is CC[C@H](Oc1ccccc1OC)C(=O)N[C@H](C)c1ccc(C)cc1. The van der Waals surface area contributed by atoms with Crippen molar-refractivity contribution >= 4 is 5.91 Å². The fourth-order valence-corrected chi connectivity index (χ4v) is 2.44. The highest BCUT2D eigenvalue weighted by molar-refractivity contribution is 5.81. The Morgan fingerprint density at radius 3 is 2.29 bits per heavy atom. The third-order valence-electron chi connectivity index (χ3n) is 3.94. The second-order valence-electron chi connectivity index (χ2n) is 5.81. The summed E-state index contributed by atoms with van der Waals surface area (Å²) in [7, 11) is 1.59. The molecule has 4 nitrogen and oxygen atoms in total. The summed E-state index contributed by atoms with van der Waals surface area (Å²) in [4.78, 5) is 12.6. The summed E-state index contributed by atoms with van der Waals surface area (Å²) in [5.41, 5.74) is 2.27. The highest BCUT2D eigenvalue weighted by Gasteiger charge is 2.21. The van der Waals surface area contributed by atoms with Crippen molar-refractivity contribution in [1.29, 1.82) is 0 Å². The molecule has 2 aromatic carbocycles. The van der Waals surface area contributed by atoms with Crippen molar-refractivity contribution in [2.75, 3.05) is 7.11 Å². The predicted molar refractivity (Wildman–Crippen MR) is 95.4 cm³/mol. The summed E-state index contributed by atoms with van der Waals surface area (Å²) in [6, 6.07) is 15.4. The van der Waals surface area contributed by atoms with E-state index in [0.29, 0.717) is 17.9 Å². The normalized spacial score (nSPS) is 13.0. The van der Waals surface area contributed by atoms with Gasteiger partial charge in [0.2, 0.25) is 0 Å². The highest BCUT2D eigenvalue weighted by Crippen LogP contribution is 2.27. The number of rotatable bonds is 7. The Hall–Kier alpha value is -2.49. The maximum Gasteiger partial charge on any atom is 0.261 e. The van der Waals surface area contributed by atoms with Crippen molar-refractivity contribution in [1.82, 2.24) is 5.32 Å². The van der Waals surface area contributed by atoms with E-state index < -0.39 is 6.10 Å². The molecule has 0 radical (unpaired) electrons. The van der Waals surface area contributed by atoms with Crippen molar-refractivity contribution in [3.8, 4) is 11.5 Å². The van der Waals surface area contributed by atoms with Crippen LogP contribution in [0.4, 0.5) is 0 Å². The van der Waals surface area contributed by atoms with E-state index in [0.717, 1.165) is 5.56 Å². The Morgan fingerprint density at radius 1 is 1.08 bits per heavy atom. The minimum absolute atomic E-state index is 0.0755. The molecule has 0 aliphatic rings. The first-order chi connectivity index (χ1) is 11.5. The van der Waals surface area contributed by atoms with E-state index in [1.54, 1.807) is 13.2 Å². The standard InChI is InChI=1S/C20H25NO3/c1-5-17(24-19-9-7-6-8-18(19)23-4)20(22)21-15(3)16-12-10-14(2)11-13-16/h6-13,15,17H,5H2,1-4H3,(H,21,22)/t15-,17+/m1/s1. The van der Waals surface area contributed by atoms with Crippen LogP contribution in [-0.2, 0) is 4.79 Å². The van der Waals surface area contributed by atoms with Crippen molar-refractivity contribution in [3.05, 3.63) is 59.7 Å². The van der Waals surface area contributed by atoms with Gasteiger partial charge in [-0.2, -0.15) is 0 Å². The van der Waals surface area contributed by atoms with E-state index in [1.165, 1.54) is 5.56 Å². The van der Waals surface area contributed by atoms with Gasteiger partial charge in [0.25, 0.3) is 5.91 Å². The summed E-state index contributed by atoms with van der Waals surface area (Å²) in [5, 5.41) is 3.02. The van der Waals surface area contributed by atoms with Crippen molar-refractivity contribution in [2.45, 2.75) is 39.3 Å². The molecule has 0 aliphatic heterocycles. The first-order valence-corrected chi connectivity index (χ1v) is 8.21. The van der Waals surface area contributed by atoms with Crippen LogP contribution >= 0.6 is 0 Å². The van der Waals surface area contributed by atoms with Crippen LogP contribution in [0.2, 0.25) is 0 Å². The van der Waals surface area contributed by atoms with E-state index in [4.69, 9.17) is 9.47 Å². The number of carbonyl (C=O) groups excluding carboxylic acids is 1. The quantitative estimate of drug-likeness (QED) is 0.835. The molecule has 0 bridgehead atoms. The van der Waals surface area contributed by atoms with Gasteiger partial charge in [-0.05, 0) is 38.0 Å². The monoisotopic (exact) mass is 327 g/mol. The van der Waals surface area contributed by atoms with Gasteiger partial charge in [-0.25, -0.2) is 0 Å². The predicted octanol–water partition coefficient (Wildman–Crippen LogP) is 4.04. The number of nitrogens with one attached hydrogen (secondary N) is 1. The van der Waals surface area contributed by atoms with Crippen LogP contribution in [0.3, 0.4) is 0 Å². The van der Waals surface area contributed by atoms with Gasteiger partial charge >= 0.3 is 0 Å². The number of benzene rings is 2. The van der Waals surface area contributed by atoms with Crippen LogP contribution in [0.25, 0.3) is 0 Å². The molecule has 1 amide bonds. The van der Waals surface area contributed by atoms with Gasteiger partial charge < -0.3 is 14.8 Å². The van der Waals surface area contributed by atoms with E-state index in [9.17, 15) is 4.79 Å². The second-order valence-corrected chi connectivity index (χ2v) is 5.81. The van der Waals surface area contributed by atoms with Crippen LogP contribution in [0.5, 0.6) is 11.5 Å². The molecule has 24 heavy (non-hydrogen) atoms. The number of amides is 1. The zero-order valence-electron chi connectivity index (χ0n) is 14.7. The van der Waals surface area contributed by atoms with Crippen LogP contribution in [0.15, 0.2) is 48.5 Å². The number of carbonyl (C=O) groups is 1. The number of aryl methyl sites for hydroxylation is 1. The second kappa shape index (κ2) is 8.39. The van der Waals surface area contributed by atoms with E-state index in [2.05, 4.69) is 5.32 Å². The first kappa shape index (κ1) is 17.9. The smallest absolute Gasteiger partial charge is 0.261 e. The highest BCUT2D eigenvalue weighted by atomic mass is 16.5. The van der Waals surface area contributed by atoms with Crippen molar-refractivity contribution in [3.63, 3.8) is 0 Å². The molecule has 1 N–H and O–H groups in total. The van der Waals surface area contributed by atoms with Gasteiger partial charge in [-0.1, -0.05) is 48.9 Å². The van der Waals surface area contributed by atoms with Gasteiger partial charge in [0, 0.05) is 0 Å². The van der Waals surface area contributed by atoms with Gasteiger partial charge in [-0.3, -0.25) is 4.79 Å². The van der Waals surface area contributed by atoms with Crippen molar-refractivity contribution < 1.29 is 14.3 Å². The molecule has 0 aliphatic carbocycles. The zero-order chi connectivity index (χ0) is 17.5. The first-order valence-electron chi connectivity index (χ1n) is 8.21. The van der Waals surface area contributed by atoms with Crippen LogP contribution in [0, 0.1) is 6.92 Å². The molecule has 128 valence electrons. The summed E-state index contributed by atoms with van der Waals surface area (Å²) in [5.74, 6) is 1.07. The minimum Gasteiger partial charge on any atom is -0.493 e. The maximum atomic E-state index is 12.6. The summed E-state index contributed by atoms with van der Waals surface area (Å²) in [6.07, 6.45) is 0.0130. The average molecular weight is 327 g/mol. The molecule has 2 rings (SSSR count). The molecule has 0 spiro atoms. The molecule has 0 heterocycles. The van der Waals surface area contributed by atoms with E-state index in [1.807, 2.05) is 63.2 Å². The number of hydrogen-bond donors (Lipinski definition) is 1. The molecule has 0 fully saturated rings. The zero-order valence-corrected chi connectivity index (χ0v) is 14.7. The summed E-state index contributed by atoms with van der Waals surface area (Å²) >= 11 is 0. The number of methoxy groups -OCH3 is 1. The lowest BCUT2D eigenvalue weighted by Crippen LogP contribution is -2.39. The summed E-state index contributed by atoms with van der Waals surface area (Å²) < 4.78 is 11.1. The summed E-state index contributed by atoms with van der Waals surface area (Å²) in [6.45, 7) is 5.94. The third kappa shape index (κ3) is 4.51. The molecular weight excluding hydrogens is 302 g/mol. The van der Waals surface area contributed by atoms with Crippen LogP contribution in [0.1, 0.15) is 37.4 Å². The Balaban J connectivity index is 2.04. The Kier molecular flexibility index (Phi) is 6.24. The van der Waals surface area contributed by atoms with E-state index >= 15 is 0 Å². The third-order valence-corrected chi connectivity index (χ3v) is 3.94. The fraction of sp³-hybridized carbons (Fsp3) is 0.350. The molecule has 0 saturated carbocycles. The topological polar surface area (TPSA) is 47.6 Å². The molecular formula is C20H25NO3. The average Bonchev–Trinajstić information content (AvgIpc) is 2.60. The Labute approximate surface area is 143 Å². The van der Waals surface area contributed by atoms with Gasteiger partial charge in [-0.15, -0.1) is 0 Å². The van der Waals surface area contributed by atoms with E-state index in [-0.39, 0.29) is 11.9 Å². The Morgan fingerprint density at radius 2 is 1.71 bits per heavy atom. The van der Waals surface area contributed by atoms with Gasteiger partial charge in [0.1, 0.15) is 0 Å². The molecule has 2 atom stereocenters. The van der Waals surface area contributed by atoms with Crippen molar-refractivity contribution in [2.24, 2.45) is 0 Å². The number of hydrogen-bond acceptors (Lipinski definition) is 3. The lowest BCUT2D eigenvalue weighted by atomic mass is 10.1. The van der Waals surface area contributed by atoms with Gasteiger partial charge in [0.15, 0.2) is 17.6 Å². The number of ether oxygens (including phenoxy) is 2. The largest absolute Gasteiger partial charge is 0.493 e. The molecule has 0 aromatic heterocycles. The maximum absolute atomic E-state index is 12.6. The lowest BCUT2D eigenvalue weighted by Gasteiger charge is -2.21. The van der Waals surface area contributed by atoms with Gasteiger partial charge in [0.05, 0.1) is 13.2 Å². The molecule has 2 aromatic rings. The Bertz CT molecular complexity index is 667.